The molecule has 100 valence electrons. The number of rotatable bonds is 7. The first-order valence-corrected chi connectivity index (χ1v) is 5.92. The van der Waals surface area contributed by atoms with Gasteiger partial charge in [0.2, 0.25) is 0 Å². The second-order valence-electron chi connectivity index (χ2n) is 3.92. The van der Waals surface area contributed by atoms with E-state index in [2.05, 4.69) is 9.97 Å². The van der Waals surface area contributed by atoms with Gasteiger partial charge in [0.25, 0.3) is 5.56 Å². The standard InChI is InChI=1S/C12H18N2O4/c1-3-18-7-6-10-13-8(2)9(12(17)14-10)4-5-11(15)16/h3-7H2,1-2H3,(H,15,16)(H,13,14,17). The topological polar surface area (TPSA) is 92.3 Å². The number of H-pyrrole nitrogens is 1. The molecule has 0 spiro atoms. The van der Waals surface area contributed by atoms with Crippen LogP contribution in [0.4, 0.5) is 0 Å². The Morgan fingerprint density at radius 3 is 2.72 bits per heavy atom. The number of aliphatic carboxylic acids is 1. The molecule has 0 aliphatic carbocycles. The number of aromatic nitrogens is 2. The van der Waals surface area contributed by atoms with Crippen molar-refractivity contribution < 1.29 is 14.6 Å². The van der Waals surface area contributed by atoms with E-state index in [1.54, 1.807) is 6.92 Å². The van der Waals surface area contributed by atoms with Crippen LogP contribution in [0.5, 0.6) is 0 Å². The van der Waals surface area contributed by atoms with Gasteiger partial charge in [-0.25, -0.2) is 4.98 Å². The maximum Gasteiger partial charge on any atom is 0.303 e. The Hall–Kier alpha value is -1.69. The summed E-state index contributed by atoms with van der Waals surface area (Å²) in [5.41, 5.74) is 0.777. The molecule has 6 heteroatoms. The molecule has 0 unspecified atom stereocenters. The maximum atomic E-state index is 11.8. The molecule has 0 aliphatic rings. The van der Waals surface area contributed by atoms with Crippen molar-refractivity contribution in [3.05, 3.63) is 27.4 Å². The van der Waals surface area contributed by atoms with Gasteiger partial charge in [-0.05, 0) is 20.3 Å². The average Bonchev–Trinajstić information content (AvgIpc) is 2.28. The molecular weight excluding hydrogens is 236 g/mol. The highest BCUT2D eigenvalue weighted by atomic mass is 16.5. The first-order chi connectivity index (χ1) is 8.54. The Kier molecular flexibility index (Phi) is 5.51. The van der Waals surface area contributed by atoms with Gasteiger partial charge in [0.1, 0.15) is 5.82 Å². The largest absolute Gasteiger partial charge is 0.481 e. The van der Waals surface area contributed by atoms with Crippen molar-refractivity contribution in [2.24, 2.45) is 0 Å². The van der Waals surface area contributed by atoms with Crippen LogP contribution in [0, 0.1) is 6.92 Å². The molecule has 0 aliphatic heterocycles. The summed E-state index contributed by atoms with van der Waals surface area (Å²) >= 11 is 0. The van der Waals surface area contributed by atoms with E-state index in [1.807, 2.05) is 6.92 Å². The summed E-state index contributed by atoms with van der Waals surface area (Å²) < 4.78 is 5.19. The van der Waals surface area contributed by atoms with E-state index in [0.29, 0.717) is 36.7 Å². The zero-order valence-corrected chi connectivity index (χ0v) is 10.7. The number of carbonyl (C=O) groups is 1. The van der Waals surface area contributed by atoms with Crippen molar-refractivity contribution in [2.45, 2.75) is 33.1 Å². The number of aryl methyl sites for hydroxylation is 1. The molecule has 1 rings (SSSR count). The lowest BCUT2D eigenvalue weighted by Crippen LogP contribution is -2.20. The predicted octanol–water partition coefficient (Wildman–Crippen LogP) is 0.675. The lowest BCUT2D eigenvalue weighted by molar-refractivity contribution is -0.136. The fourth-order valence-electron chi connectivity index (χ4n) is 1.63. The van der Waals surface area contributed by atoms with Crippen LogP contribution in [0.25, 0.3) is 0 Å². The number of carboxylic acid groups (broad SMARTS) is 1. The summed E-state index contributed by atoms with van der Waals surface area (Å²) in [6.07, 6.45) is 0.683. The molecule has 2 N–H and O–H groups in total. The van der Waals surface area contributed by atoms with Gasteiger partial charge in [0, 0.05) is 30.7 Å². The van der Waals surface area contributed by atoms with Crippen LogP contribution >= 0.6 is 0 Å². The number of carboxylic acids is 1. The van der Waals surface area contributed by atoms with E-state index in [9.17, 15) is 9.59 Å². The number of ether oxygens (including phenoxy) is 1. The fraction of sp³-hybridized carbons (Fsp3) is 0.583. The van der Waals surface area contributed by atoms with Crippen LogP contribution in [-0.2, 0) is 22.4 Å². The lowest BCUT2D eigenvalue weighted by Gasteiger charge is -2.06. The Balaban J connectivity index is 2.77. The van der Waals surface area contributed by atoms with E-state index < -0.39 is 5.97 Å². The number of nitrogens with zero attached hydrogens (tertiary/aromatic N) is 1. The highest BCUT2D eigenvalue weighted by molar-refractivity contribution is 5.67. The van der Waals surface area contributed by atoms with Gasteiger partial charge < -0.3 is 14.8 Å². The minimum absolute atomic E-state index is 0.0656. The number of nitrogens with one attached hydrogen (secondary N) is 1. The molecule has 0 fully saturated rings. The normalized spacial score (nSPS) is 10.6. The third-order valence-corrected chi connectivity index (χ3v) is 2.55. The van der Waals surface area contributed by atoms with Crippen LogP contribution < -0.4 is 5.56 Å². The highest BCUT2D eigenvalue weighted by Crippen LogP contribution is 2.03. The SMILES string of the molecule is CCOCCc1nc(C)c(CCC(=O)O)c(=O)[nH]1. The van der Waals surface area contributed by atoms with Crippen LogP contribution in [0.1, 0.15) is 30.4 Å². The molecule has 1 aromatic heterocycles. The summed E-state index contributed by atoms with van der Waals surface area (Å²) in [7, 11) is 0. The van der Waals surface area contributed by atoms with Crippen LogP contribution in [0.2, 0.25) is 0 Å². The van der Waals surface area contributed by atoms with Crippen molar-refractivity contribution >= 4 is 5.97 Å². The van der Waals surface area contributed by atoms with Gasteiger partial charge in [-0.2, -0.15) is 0 Å². The molecule has 6 nitrogen and oxygen atoms in total. The smallest absolute Gasteiger partial charge is 0.303 e. The van der Waals surface area contributed by atoms with Crippen molar-refractivity contribution in [3.8, 4) is 0 Å². The molecule has 0 saturated carbocycles. The van der Waals surface area contributed by atoms with Crippen molar-refractivity contribution in [2.75, 3.05) is 13.2 Å². The van der Waals surface area contributed by atoms with Gasteiger partial charge >= 0.3 is 5.97 Å². The molecular formula is C12H18N2O4. The van der Waals surface area contributed by atoms with E-state index in [0.717, 1.165) is 0 Å². The molecule has 0 aromatic carbocycles. The number of hydrogen-bond donors (Lipinski definition) is 2. The van der Waals surface area contributed by atoms with E-state index >= 15 is 0 Å². The van der Waals surface area contributed by atoms with Gasteiger partial charge in [0.15, 0.2) is 0 Å². The van der Waals surface area contributed by atoms with E-state index in [4.69, 9.17) is 9.84 Å². The zero-order valence-electron chi connectivity index (χ0n) is 10.7. The quantitative estimate of drug-likeness (QED) is 0.698. The zero-order chi connectivity index (χ0) is 13.5. The highest BCUT2D eigenvalue weighted by Gasteiger charge is 2.09. The molecule has 18 heavy (non-hydrogen) atoms. The van der Waals surface area contributed by atoms with Crippen molar-refractivity contribution in [1.29, 1.82) is 0 Å². The maximum absolute atomic E-state index is 11.8. The Labute approximate surface area is 105 Å². The third-order valence-electron chi connectivity index (χ3n) is 2.55. The van der Waals surface area contributed by atoms with Crippen LogP contribution in [0.3, 0.4) is 0 Å². The third kappa shape index (κ3) is 4.29. The summed E-state index contributed by atoms with van der Waals surface area (Å²) in [4.78, 5) is 29.2. The van der Waals surface area contributed by atoms with Crippen molar-refractivity contribution in [3.63, 3.8) is 0 Å². The predicted molar refractivity (Wildman–Crippen MR) is 65.7 cm³/mol. The first-order valence-electron chi connectivity index (χ1n) is 5.92. The van der Waals surface area contributed by atoms with E-state index in [-0.39, 0.29) is 18.4 Å². The second kappa shape index (κ2) is 6.90. The minimum Gasteiger partial charge on any atom is -0.481 e. The molecule has 1 aromatic rings. The fourth-order valence-corrected chi connectivity index (χ4v) is 1.63. The average molecular weight is 254 g/mol. The van der Waals surface area contributed by atoms with Gasteiger partial charge in [-0.1, -0.05) is 0 Å². The van der Waals surface area contributed by atoms with Crippen LogP contribution in [0.15, 0.2) is 4.79 Å². The molecule has 0 amide bonds. The molecule has 0 bridgehead atoms. The summed E-state index contributed by atoms with van der Waals surface area (Å²) in [6, 6.07) is 0. The Morgan fingerprint density at radius 1 is 1.44 bits per heavy atom. The Morgan fingerprint density at radius 2 is 2.17 bits per heavy atom. The number of aromatic amines is 1. The summed E-state index contributed by atoms with van der Waals surface area (Å²) in [5.74, 6) is -0.348. The second-order valence-corrected chi connectivity index (χ2v) is 3.92. The lowest BCUT2D eigenvalue weighted by atomic mass is 10.1. The monoisotopic (exact) mass is 254 g/mol. The molecule has 0 saturated heterocycles. The van der Waals surface area contributed by atoms with E-state index in [1.165, 1.54) is 0 Å². The molecule has 0 atom stereocenters. The summed E-state index contributed by atoms with van der Waals surface area (Å²) in [6.45, 7) is 4.75. The summed E-state index contributed by atoms with van der Waals surface area (Å²) in [5, 5.41) is 8.61. The Bertz CT molecular complexity index is 468. The van der Waals surface area contributed by atoms with Gasteiger partial charge in [0.05, 0.1) is 6.61 Å². The van der Waals surface area contributed by atoms with Crippen molar-refractivity contribution in [1.82, 2.24) is 9.97 Å². The van der Waals surface area contributed by atoms with Gasteiger partial charge in [-0.3, -0.25) is 9.59 Å². The van der Waals surface area contributed by atoms with Gasteiger partial charge in [-0.15, -0.1) is 0 Å². The minimum atomic E-state index is -0.922. The van der Waals surface area contributed by atoms with Crippen LogP contribution in [-0.4, -0.2) is 34.3 Å². The first kappa shape index (κ1) is 14.4. The number of hydrogen-bond acceptors (Lipinski definition) is 4. The molecule has 0 radical (unpaired) electrons. The molecule has 1 heterocycles.